The van der Waals surface area contributed by atoms with Crippen molar-refractivity contribution in [3.8, 4) is 17.2 Å². The lowest BCUT2D eigenvalue weighted by Gasteiger charge is -2.15. The van der Waals surface area contributed by atoms with Gasteiger partial charge in [-0.25, -0.2) is 4.39 Å². The van der Waals surface area contributed by atoms with Crippen molar-refractivity contribution in [2.75, 3.05) is 6.61 Å². The molecule has 0 radical (unpaired) electrons. The van der Waals surface area contributed by atoms with E-state index in [4.69, 9.17) is 9.47 Å². The van der Waals surface area contributed by atoms with Crippen LogP contribution >= 0.6 is 0 Å². The minimum absolute atomic E-state index is 0.360. The summed E-state index contributed by atoms with van der Waals surface area (Å²) in [6, 6.07) is 10.1. The van der Waals surface area contributed by atoms with E-state index in [-0.39, 0.29) is 5.82 Å². The highest BCUT2D eigenvalue weighted by molar-refractivity contribution is 5.43. The lowest BCUT2D eigenvalue weighted by Crippen LogP contribution is -1.99. The second-order valence-electron chi connectivity index (χ2n) is 4.83. The lowest BCUT2D eigenvalue weighted by atomic mass is 10.1. The summed E-state index contributed by atoms with van der Waals surface area (Å²) in [6.45, 7) is 5.71. The molecule has 0 spiro atoms. The average molecular weight is 290 g/mol. The van der Waals surface area contributed by atoms with Crippen LogP contribution in [0.25, 0.3) is 0 Å². The maximum atomic E-state index is 13.6. The van der Waals surface area contributed by atoms with E-state index >= 15 is 0 Å². The van der Waals surface area contributed by atoms with Crippen LogP contribution in [0.4, 0.5) is 4.39 Å². The summed E-state index contributed by atoms with van der Waals surface area (Å²) in [5, 5.41) is 9.77. The van der Waals surface area contributed by atoms with Crippen LogP contribution < -0.4 is 9.47 Å². The molecule has 112 valence electrons. The Hall–Kier alpha value is -2.07. The van der Waals surface area contributed by atoms with Crippen molar-refractivity contribution in [1.29, 1.82) is 0 Å². The van der Waals surface area contributed by atoms with Crippen molar-refractivity contribution in [3.63, 3.8) is 0 Å². The molecule has 0 saturated heterocycles. The topological polar surface area (TPSA) is 38.7 Å². The molecule has 1 atom stereocenters. The molecule has 0 aliphatic heterocycles. The lowest BCUT2D eigenvalue weighted by molar-refractivity contribution is 0.195. The zero-order chi connectivity index (χ0) is 15.4. The van der Waals surface area contributed by atoms with Crippen molar-refractivity contribution >= 4 is 0 Å². The number of ether oxygens (including phenoxy) is 2. The van der Waals surface area contributed by atoms with Crippen LogP contribution in [0.2, 0.25) is 0 Å². The van der Waals surface area contributed by atoms with Crippen LogP contribution in [0.5, 0.6) is 17.2 Å². The van der Waals surface area contributed by atoms with Gasteiger partial charge in [0.15, 0.2) is 0 Å². The van der Waals surface area contributed by atoms with Gasteiger partial charge in [0.25, 0.3) is 0 Å². The summed E-state index contributed by atoms with van der Waals surface area (Å²) in [7, 11) is 0. The van der Waals surface area contributed by atoms with Crippen LogP contribution in [0, 0.1) is 12.7 Å². The largest absolute Gasteiger partial charge is 0.494 e. The molecule has 0 heterocycles. The molecule has 0 aliphatic carbocycles. The third kappa shape index (κ3) is 3.73. The molecule has 2 aromatic carbocycles. The van der Waals surface area contributed by atoms with Gasteiger partial charge in [-0.3, -0.25) is 0 Å². The third-order valence-corrected chi connectivity index (χ3v) is 3.09. The van der Waals surface area contributed by atoms with Gasteiger partial charge in [0.05, 0.1) is 12.7 Å². The summed E-state index contributed by atoms with van der Waals surface area (Å²) >= 11 is 0. The number of hydrogen-bond acceptors (Lipinski definition) is 3. The molecule has 0 aromatic heterocycles. The van der Waals surface area contributed by atoms with Crippen LogP contribution in [-0.2, 0) is 0 Å². The quantitative estimate of drug-likeness (QED) is 0.888. The highest BCUT2D eigenvalue weighted by Crippen LogP contribution is 2.33. The van der Waals surface area contributed by atoms with Gasteiger partial charge in [0.1, 0.15) is 23.1 Å². The number of aliphatic hydroxyl groups excluding tert-OH is 1. The highest BCUT2D eigenvalue weighted by atomic mass is 19.1. The van der Waals surface area contributed by atoms with Crippen molar-refractivity contribution in [1.82, 2.24) is 0 Å². The van der Waals surface area contributed by atoms with Gasteiger partial charge in [0, 0.05) is 11.6 Å². The first-order valence-electron chi connectivity index (χ1n) is 6.90. The Bertz CT molecular complexity index is 623. The number of hydrogen-bond donors (Lipinski definition) is 1. The molecule has 21 heavy (non-hydrogen) atoms. The Kier molecular flexibility index (Phi) is 4.81. The molecule has 0 bridgehead atoms. The Balaban J connectivity index is 2.34. The molecule has 0 aliphatic rings. The molecular formula is C17H19FO3. The van der Waals surface area contributed by atoms with Crippen LogP contribution in [0.15, 0.2) is 36.4 Å². The van der Waals surface area contributed by atoms with Gasteiger partial charge >= 0.3 is 0 Å². The van der Waals surface area contributed by atoms with Gasteiger partial charge in [-0.05, 0) is 50.6 Å². The smallest absolute Gasteiger partial charge is 0.133 e. The number of benzene rings is 2. The molecular weight excluding hydrogens is 271 g/mol. The molecule has 0 amide bonds. The first-order chi connectivity index (χ1) is 10.0. The average Bonchev–Trinajstić information content (AvgIpc) is 2.43. The summed E-state index contributed by atoms with van der Waals surface area (Å²) in [5.74, 6) is 1.36. The minimum atomic E-state index is -0.815. The van der Waals surface area contributed by atoms with Crippen molar-refractivity contribution in [3.05, 3.63) is 53.3 Å². The monoisotopic (exact) mass is 290 g/mol. The molecule has 1 N–H and O–H groups in total. The van der Waals surface area contributed by atoms with E-state index in [1.54, 1.807) is 32.0 Å². The van der Waals surface area contributed by atoms with E-state index in [9.17, 15) is 9.50 Å². The van der Waals surface area contributed by atoms with Gasteiger partial charge < -0.3 is 14.6 Å². The highest BCUT2D eigenvalue weighted by Gasteiger charge is 2.14. The van der Waals surface area contributed by atoms with Gasteiger partial charge in [-0.15, -0.1) is 0 Å². The Morgan fingerprint density at radius 1 is 1.19 bits per heavy atom. The molecule has 2 aromatic rings. The molecule has 4 heteroatoms. The molecule has 0 fully saturated rings. The molecule has 0 saturated carbocycles. The Morgan fingerprint density at radius 3 is 2.57 bits per heavy atom. The second kappa shape index (κ2) is 6.59. The zero-order valence-corrected chi connectivity index (χ0v) is 12.4. The number of halogens is 1. The number of rotatable bonds is 5. The fraction of sp³-hybridized carbons (Fsp3) is 0.294. The molecule has 3 nitrogen and oxygen atoms in total. The SMILES string of the molecule is CCOc1cccc(Oc2cc(C)c(F)cc2C(C)O)c1. The van der Waals surface area contributed by atoms with E-state index in [2.05, 4.69) is 0 Å². The molecule has 1 unspecified atom stereocenters. The van der Waals surface area contributed by atoms with E-state index < -0.39 is 6.10 Å². The van der Waals surface area contributed by atoms with Crippen molar-refractivity contribution < 1.29 is 19.0 Å². The van der Waals surface area contributed by atoms with E-state index in [1.165, 1.54) is 6.07 Å². The van der Waals surface area contributed by atoms with Crippen molar-refractivity contribution in [2.24, 2.45) is 0 Å². The Morgan fingerprint density at radius 2 is 1.90 bits per heavy atom. The van der Waals surface area contributed by atoms with Crippen LogP contribution in [0.3, 0.4) is 0 Å². The fourth-order valence-corrected chi connectivity index (χ4v) is 2.01. The Labute approximate surface area is 124 Å². The summed E-state index contributed by atoms with van der Waals surface area (Å²) in [5.41, 5.74) is 0.885. The minimum Gasteiger partial charge on any atom is -0.494 e. The third-order valence-electron chi connectivity index (χ3n) is 3.09. The zero-order valence-electron chi connectivity index (χ0n) is 12.4. The van der Waals surface area contributed by atoms with E-state index in [0.717, 1.165) is 0 Å². The van der Waals surface area contributed by atoms with Gasteiger partial charge in [-0.2, -0.15) is 0 Å². The fourth-order valence-electron chi connectivity index (χ4n) is 2.01. The summed E-state index contributed by atoms with van der Waals surface area (Å²) in [6.07, 6.45) is -0.815. The van der Waals surface area contributed by atoms with E-state index in [0.29, 0.717) is 35.0 Å². The predicted octanol–water partition coefficient (Wildman–Crippen LogP) is 4.38. The summed E-state index contributed by atoms with van der Waals surface area (Å²) in [4.78, 5) is 0. The van der Waals surface area contributed by atoms with Gasteiger partial charge in [-0.1, -0.05) is 6.07 Å². The first-order valence-corrected chi connectivity index (χ1v) is 6.90. The first kappa shape index (κ1) is 15.3. The summed E-state index contributed by atoms with van der Waals surface area (Å²) < 4.78 is 24.8. The number of aryl methyl sites for hydroxylation is 1. The second-order valence-corrected chi connectivity index (χ2v) is 4.83. The van der Waals surface area contributed by atoms with Gasteiger partial charge in [0.2, 0.25) is 0 Å². The maximum absolute atomic E-state index is 13.6. The maximum Gasteiger partial charge on any atom is 0.133 e. The number of aliphatic hydroxyl groups is 1. The van der Waals surface area contributed by atoms with Crippen LogP contribution in [0.1, 0.15) is 31.1 Å². The van der Waals surface area contributed by atoms with Crippen molar-refractivity contribution in [2.45, 2.75) is 26.9 Å². The van der Waals surface area contributed by atoms with Crippen LogP contribution in [-0.4, -0.2) is 11.7 Å². The standard InChI is InChI=1S/C17H19FO3/c1-4-20-13-6-5-7-14(9-13)21-17-8-11(2)16(18)10-15(17)12(3)19/h5-10,12,19H,4H2,1-3H3. The molecule has 2 rings (SSSR count). The van der Waals surface area contributed by atoms with E-state index in [1.807, 2.05) is 19.1 Å². The predicted molar refractivity (Wildman–Crippen MR) is 79.5 cm³/mol. The normalized spacial score (nSPS) is 12.0.